The quantitative estimate of drug-likeness (QED) is 0.0402. The third-order valence-electron chi connectivity index (χ3n) is 7.79. The number of aryl methyl sites for hydroxylation is 2. The number of thioether (sulfide) groups is 1. The van der Waals surface area contributed by atoms with Crippen LogP contribution in [-0.2, 0) is 26.7 Å². The molecule has 1 aliphatic rings. The summed E-state index contributed by atoms with van der Waals surface area (Å²) in [4.78, 5) is 40.7. The second-order valence-electron chi connectivity index (χ2n) is 11.2. The van der Waals surface area contributed by atoms with Crippen LogP contribution >= 0.6 is 23.1 Å². The van der Waals surface area contributed by atoms with Crippen molar-refractivity contribution in [2.75, 3.05) is 12.0 Å². The Morgan fingerprint density at radius 1 is 0.875 bits per heavy atom. The van der Waals surface area contributed by atoms with Crippen LogP contribution in [-0.4, -0.2) is 40.1 Å². The number of carbonyl (C=O) groups excluding carboxylic acids is 3. The van der Waals surface area contributed by atoms with Crippen molar-refractivity contribution in [2.45, 2.75) is 36.6 Å². The summed E-state index contributed by atoms with van der Waals surface area (Å²) >= 11 is 2.65. The van der Waals surface area contributed by atoms with Gasteiger partial charge in [0.25, 0.3) is 5.78 Å². The molecular weight excluding hydrogens is 647 g/mol. The summed E-state index contributed by atoms with van der Waals surface area (Å²) in [6.45, 7) is 4.41. The molecule has 1 fully saturated rings. The highest BCUT2D eigenvalue weighted by atomic mass is 32.2. The van der Waals surface area contributed by atoms with Gasteiger partial charge in [-0.1, -0.05) is 94.9 Å². The molecule has 1 aliphatic heterocycles. The number of aliphatic hydroxyl groups excluding tert-OH is 1. The van der Waals surface area contributed by atoms with Gasteiger partial charge in [-0.3, -0.25) is 14.5 Å². The highest BCUT2D eigenvalue weighted by Gasteiger charge is 2.48. The summed E-state index contributed by atoms with van der Waals surface area (Å²) in [6, 6.07) is 28.2. The minimum Gasteiger partial charge on any atom is -0.507 e. The molecule has 1 aromatic heterocycles. The van der Waals surface area contributed by atoms with Crippen LogP contribution < -0.4 is 9.64 Å². The number of anilines is 1. The number of hydrogen-bond acceptors (Lipinski definition) is 10. The molecule has 0 saturated carbocycles. The molecule has 0 spiro atoms. The zero-order valence-corrected chi connectivity index (χ0v) is 28.0. The third kappa shape index (κ3) is 7.02. The number of benzene rings is 4. The second kappa shape index (κ2) is 14.2. The number of amides is 1. The Morgan fingerprint density at radius 3 is 2.27 bits per heavy atom. The van der Waals surface area contributed by atoms with Gasteiger partial charge < -0.3 is 14.6 Å². The number of aromatic nitrogens is 2. The van der Waals surface area contributed by atoms with Crippen molar-refractivity contribution in [1.82, 2.24) is 10.2 Å². The maximum atomic E-state index is 13.7. The van der Waals surface area contributed by atoms with E-state index in [1.165, 1.54) is 40.7 Å². The molecule has 2 heterocycles. The van der Waals surface area contributed by atoms with Crippen LogP contribution in [0.1, 0.15) is 49.8 Å². The number of nitrogens with zero attached hydrogens (tertiary/aromatic N) is 3. The van der Waals surface area contributed by atoms with Crippen molar-refractivity contribution >= 4 is 51.6 Å². The fraction of sp³-hybridized carbons (Fsp3) is 0.162. The van der Waals surface area contributed by atoms with Crippen LogP contribution in [0.4, 0.5) is 5.13 Å². The fourth-order valence-electron chi connectivity index (χ4n) is 5.29. The van der Waals surface area contributed by atoms with Crippen LogP contribution in [0.15, 0.2) is 107 Å². The molecule has 9 nitrogen and oxygen atoms in total. The summed E-state index contributed by atoms with van der Waals surface area (Å²) in [5, 5.41) is 20.4. The molecule has 1 amide bonds. The van der Waals surface area contributed by atoms with E-state index < -0.39 is 23.7 Å². The highest BCUT2D eigenvalue weighted by molar-refractivity contribution is 8.00. The van der Waals surface area contributed by atoms with Crippen molar-refractivity contribution in [3.63, 3.8) is 0 Å². The Balaban J connectivity index is 1.31. The predicted molar refractivity (Wildman–Crippen MR) is 185 cm³/mol. The van der Waals surface area contributed by atoms with Gasteiger partial charge in [0.05, 0.1) is 24.3 Å². The van der Waals surface area contributed by atoms with E-state index in [0.29, 0.717) is 39.1 Å². The number of ketones is 1. The van der Waals surface area contributed by atoms with E-state index in [-0.39, 0.29) is 16.5 Å². The standard InChI is InChI=1S/C37H31N3O6S2/c1-22-7-9-24(10-8-22)21-47-37-39-38-36(48-37)40-31(26-11-13-28(14-12-26)35(44)45-3)30(33(42)34(40)43)32(41)27-15-17-29(18-16-27)46-20-25-6-4-5-23(2)19-25/h4-19,31,41H,20-21H2,1-3H3. The van der Waals surface area contributed by atoms with Gasteiger partial charge in [-0.05, 0) is 66.9 Å². The molecule has 1 unspecified atom stereocenters. The number of methoxy groups -OCH3 is 1. The van der Waals surface area contributed by atoms with Gasteiger partial charge in [0.15, 0.2) is 4.34 Å². The van der Waals surface area contributed by atoms with Gasteiger partial charge in [0, 0.05) is 11.3 Å². The lowest BCUT2D eigenvalue weighted by atomic mass is 9.94. The summed E-state index contributed by atoms with van der Waals surface area (Å²) < 4.78 is 11.4. The van der Waals surface area contributed by atoms with Crippen LogP contribution in [0.5, 0.6) is 5.75 Å². The SMILES string of the molecule is COC(=O)c1ccc(C2C(=C(O)c3ccc(OCc4cccc(C)c4)cc3)C(=O)C(=O)N2c2nnc(SCc3ccc(C)cc3)s2)cc1. The second-order valence-corrected chi connectivity index (χ2v) is 13.4. The van der Waals surface area contributed by atoms with E-state index in [9.17, 15) is 19.5 Å². The van der Waals surface area contributed by atoms with Gasteiger partial charge in [0.2, 0.25) is 5.13 Å². The third-order valence-corrected chi connectivity index (χ3v) is 9.92. The molecule has 6 rings (SSSR count). The predicted octanol–water partition coefficient (Wildman–Crippen LogP) is 7.44. The Kier molecular flexibility index (Phi) is 9.70. The Hall–Kier alpha value is -5.26. The topological polar surface area (TPSA) is 119 Å². The lowest BCUT2D eigenvalue weighted by Gasteiger charge is -2.22. The minimum absolute atomic E-state index is 0.108. The maximum Gasteiger partial charge on any atom is 0.337 e. The zero-order chi connectivity index (χ0) is 33.8. The molecule has 11 heteroatoms. The number of Topliss-reactive ketones (excluding diaryl/α,β-unsaturated/α-hetero) is 1. The molecule has 0 aliphatic carbocycles. The van der Waals surface area contributed by atoms with Gasteiger partial charge in [-0.25, -0.2) is 4.79 Å². The average molecular weight is 678 g/mol. The largest absolute Gasteiger partial charge is 0.507 e. The number of hydrogen-bond donors (Lipinski definition) is 1. The van der Waals surface area contributed by atoms with E-state index in [1.807, 2.05) is 62.4 Å². The minimum atomic E-state index is -1.03. The molecule has 5 aromatic rings. The first kappa shape index (κ1) is 32.7. The molecule has 48 heavy (non-hydrogen) atoms. The van der Waals surface area contributed by atoms with Crippen molar-refractivity contribution in [3.05, 3.63) is 142 Å². The number of ether oxygens (including phenoxy) is 2. The van der Waals surface area contributed by atoms with Crippen molar-refractivity contribution in [3.8, 4) is 5.75 Å². The Bertz CT molecular complexity index is 2000. The Morgan fingerprint density at radius 2 is 1.58 bits per heavy atom. The summed E-state index contributed by atoms with van der Waals surface area (Å²) in [7, 11) is 1.29. The first-order chi connectivity index (χ1) is 23.2. The summed E-state index contributed by atoms with van der Waals surface area (Å²) in [6.07, 6.45) is 0. The van der Waals surface area contributed by atoms with E-state index in [0.717, 1.165) is 16.7 Å². The fourth-order valence-corrected chi connectivity index (χ4v) is 7.11. The number of esters is 1. The monoisotopic (exact) mass is 677 g/mol. The van der Waals surface area contributed by atoms with E-state index >= 15 is 0 Å². The summed E-state index contributed by atoms with van der Waals surface area (Å²) in [5.74, 6) is -1.35. The average Bonchev–Trinajstić information content (AvgIpc) is 3.68. The van der Waals surface area contributed by atoms with E-state index in [1.54, 1.807) is 48.5 Å². The number of carbonyl (C=O) groups is 3. The highest BCUT2D eigenvalue weighted by Crippen LogP contribution is 2.44. The first-order valence-electron chi connectivity index (χ1n) is 15.0. The van der Waals surface area contributed by atoms with Crippen molar-refractivity contribution < 1.29 is 29.0 Å². The molecule has 1 saturated heterocycles. The smallest absolute Gasteiger partial charge is 0.337 e. The molecule has 0 bridgehead atoms. The Labute approximate surface area is 285 Å². The van der Waals surface area contributed by atoms with E-state index in [4.69, 9.17) is 9.47 Å². The first-order valence-corrected chi connectivity index (χ1v) is 16.8. The van der Waals surface area contributed by atoms with Crippen LogP contribution in [0, 0.1) is 13.8 Å². The van der Waals surface area contributed by atoms with Crippen LogP contribution in [0.2, 0.25) is 0 Å². The molecule has 4 aromatic carbocycles. The molecule has 1 N–H and O–H groups in total. The van der Waals surface area contributed by atoms with Gasteiger partial charge in [-0.2, -0.15) is 0 Å². The van der Waals surface area contributed by atoms with Gasteiger partial charge >= 0.3 is 11.9 Å². The lowest BCUT2D eigenvalue weighted by Crippen LogP contribution is -2.29. The molecule has 242 valence electrons. The summed E-state index contributed by atoms with van der Waals surface area (Å²) in [5.41, 5.74) is 5.44. The normalized spacial score (nSPS) is 15.5. The number of aliphatic hydroxyl groups is 1. The van der Waals surface area contributed by atoms with Crippen LogP contribution in [0.3, 0.4) is 0 Å². The lowest BCUT2D eigenvalue weighted by molar-refractivity contribution is -0.132. The maximum absolute atomic E-state index is 13.7. The van der Waals surface area contributed by atoms with Gasteiger partial charge in [0.1, 0.15) is 18.1 Å². The van der Waals surface area contributed by atoms with E-state index in [2.05, 4.69) is 10.2 Å². The zero-order valence-electron chi connectivity index (χ0n) is 26.4. The molecular formula is C37H31N3O6S2. The van der Waals surface area contributed by atoms with Crippen molar-refractivity contribution in [2.24, 2.45) is 0 Å². The van der Waals surface area contributed by atoms with Crippen molar-refractivity contribution in [1.29, 1.82) is 0 Å². The molecule has 0 radical (unpaired) electrons. The molecule has 1 atom stereocenters. The number of rotatable bonds is 10. The van der Waals surface area contributed by atoms with Crippen LogP contribution in [0.25, 0.3) is 5.76 Å². The van der Waals surface area contributed by atoms with Gasteiger partial charge in [-0.15, -0.1) is 10.2 Å².